The summed E-state index contributed by atoms with van der Waals surface area (Å²) in [6.07, 6.45) is 0.310. The van der Waals surface area contributed by atoms with Gasteiger partial charge in [-0.25, -0.2) is 14.4 Å². The number of methoxy groups -OCH3 is 2. The van der Waals surface area contributed by atoms with Crippen LogP contribution in [0, 0.1) is 0 Å². The molecule has 0 aliphatic rings. The molecule has 3 aromatic rings. The van der Waals surface area contributed by atoms with E-state index in [-0.39, 0.29) is 11.3 Å². The van der Waals surface area contributed by atoms with Crippen molar-refractivity contribution in [3.63, 3.8) is 0 Å². The number of hydrogen-bond acceptors (Lipinski definition) is 6. The lowest BCUT2D eigenvalue weighted by Crippen LogP contribution is -2.33. The minimum absolute atomic E-state index is 0.107. The molecule has 0 atom stereocenters. The van der Waals surface area contributed by atoms with Crippen molar-refractivity contribution in [2.24, 2.45) is 4.99 Å². The van der Waals surface area contributed by atoms with Crippen molar-refractivity contribution in [2.75, 3.05) is 14.2 Å². The number of aromatic amines is 1. The van der Waals surface area contributed by atoms with E-state index in [1.807, 2.05) is 0 Å². The number of benzene rings is 2. The van der Waals surface area contributed by atoms with Gasteiger partial charge in [0.25, 0.3) is 5.56 Å². The zero-order chi connectivity index (χ0) is 21.8. The second-order valence-electron chi connectivity index (χ2n) is 6.22. The lowest BCUT2D eigenvalue weighted by atomic mass is 10.1. The number of ether oxygens (including phenoxy) is 2. The second kappa shape index (κ2) is 8.87. The summed E-state index contributed by atoms with van der Waals surface area (Å²) < 4.78 is 11.5. The Morgan fingerprint density at radius 1 is 1.13 bits per heavy atom. The average molecular weight is 430 g/mol. The molecule has 0 amide bonds. The van der Waals surface area contributed by atoms with E-state index in [9.17, 15) is 14.7 Å². The highest BCUT2D eigenvalue weighted by molar-refractivity contribution is 6.30. The van der Waals surface area contributed by atoms with Gasteiger partial charge in [-0.05, 0) is 42.8 Å². The minimum Gasteiger partial charge on any atom is -0.497 e. The lowest BCUT2D eigenvalue weighted by Gasteiger charge is -2.13. The van der Waals surface area contributed by atoms with Crippen LogP contribution >= 0.6 is 11.6 Å². The van der Waals surface area contributed by atoms with Gasteiger partial charge in [0.1, 0.15) is 22.7 Å². The van der Waals surface area contributed by atoms with Gasteiger partial charge in [-0.3, -0.25) is 9.78 Å². The molecule has 1 heterocycles. The van der Waals surface area contributed by atoms with Crippen LogP contribution in [0.1, 0.15) is 18.9 Å². The average Bonchev–Trinajstić information content (AvgIpc) is 2.74. The van der Waals surface area contributed by atoms with Crippen molar-refractivity contribution >= 4 is 23.0 Å². The predicted octanol–water partition coefficient (Wildman–Crippen LogP) is 3.43. The fraction of sp³-hybridized carbons (Fsp3) is 0.190. The number of rotatable bonds is 6. The van der Waals surface area contributed by atoms with Crippen molar-refractivity contribution in [3.8, 4) is 23.1 Å². The summed E-state index contributed by atoms with van der Waals surface area (Å²) in [6, 6.07) is 11.3. The normalized spacial score (nSPS) is 11.4. The minimum atomic E-state index is -0.777. The summed E-state index contributed by atoms with van der Waals surface area (Å²) in [4.78, 5) is 31.7. The molecule has 1 aromatic heterocycles. The van der Waals surface area contributed by atoms with Gasteiger partial charge in [-0.1, -0.05) is 18.5 Å². The highest BCUT2D eigenvalue weighted by Gasteiger charge is 2.20. The fourth-order valence-electron chi connectivity index (χ4n) is 2.95. The van der Waals surface area contributed by atoms with Crippen LogP contribution in [-0.4, -0.2) is 34.6 Å². The molecule has 0 unspecified atom stereocenters. The van der Waals surface area contributed by atoms with Crippen LogP contribution in [0.3, 0.4) is 0 Å². The van der Waals surface area contributed by atoms with Gasteiger partial charge < -0.3 is 14.6 Å². The Balaban J connectivity index is 2.22. The van der Waals surface area contributed by atoms with E-state index in [1.54, 1.807) is 49.4 Å². The molecular formula is C21H20ClN3O5. The first-order valence-electron chi connectivity index (χ1n) is 9.03. The van der Waals surface area contributed by atoms with Crippen molar-refractivity contribution < 1.29 is 14.6 Å². The molecule has 2 N–H and O–H groups in total. The monoisotopic (exact) mass is 429 g/mol. The molecule has 0 spiro atoms. The number of aromatic nitrogens is 2. The Kier molecular flexibility index (Phi) is 6.27. The first-order valence-corrected chi connectivity index (χ1v) is 9.41. The molecule has 0 saturated heterocycles. The van der Waals surface area contributed by atoms with Gasteiger partial charge in [0.15, 0.2) is 0 Å². The maximum Gasteiger partial charge on any atom is 0.335 e. The van der Waals surface area contributed by atoms with Crippen LogP contribution in [0.4, 0.5) is 5.69 Å². The third-order valence-electron chi connectivity index (χ3n) is 4.44. The number of H-pyrrole nitrogens is 1. The predicted molar refractivity (Wildman–Crippen MR) is 115 cm³/mol. The standard InChI is InChI=1S/C21H20ClN3O5/c1-4-15(23-16-10-9-14(29-2)11-17(16)30-3)18-19(26)24-21(28)25(20(18)27)13-7-5-12(22)6-8-13/h5-11,27H,4H2,1-3H3,(H,24,26,28). The van der Waals surface area contributed by atoms with Crippen LogP contribution in [0.25, 0.3) is 5.69 Å². The van der Waals surface area contributed by atoms with E-state index < -0.39 is 17.1 Å². The van der Waals surface area contributed by atoms with Crippen molar-refractivity contribution in [2.45, 2.75) is 13.3 Å². The van der Waals surface area contributed by atoms with Crippen molar-refractivity contribution in [1.82, 2.24) is 9.55 Å². The smallest absolute Gasteiger partial charge is 0.335 e. The third-order valence-corrected chi connectivity index (χ3v) is 4.69. The molecule has 0 fully saturated rings. The van der Waals surface area contributed by atoms with Crippen LogP contribution in [-0.2, 0) is 0 Å². The molecule has 0 aliphatic heterocycles. The maximum atomic E-state index is 12.6. The molecule has 0 radical (unpaired) electrons. The number of hydrogen-bond donors (Lipinski definition) is 2. The SMILES string of the molecule is CCC(=Nc1ccc(OC)cc1OC)c1c(O)n(-c2ccc(Cl)cc2)c(=O)[nH]c1=O. The molecule has 8 nitrogen and oxygen atoms in total. The first-order chi connectivity index (χ1) is 14.4. The van der Waals surface area contributed by atoms with E-state index in [2.05, 4.69) is 9.98 Å². The van der Waals surface area contributed by atoms with Crippen LogP contribution in [0.2, 0.25) is 5.02 Å². The highest BCUT2D eigenvalue weighted by Crippen LogP contribution is 2.32. The highest BCUT2D eigenvalue weighted by atomic mass is 35.5. The second-order valence-corrected chi connectivity index (χ2v) is 6.66. The zero-order valence-corrected chi connectivity index (χ0v) is 17.4. The quantitative estimate of drug-likeness (QED) is 0.584. The Bertz CT molecular complexity index is 1210. The molecule has 0 saturated carbocycles. The maximum absolute atomic E-state index is 12.6. The van der Waals surface area contributed by atoms with E-state index in [0.29, 0.717) is 34.3 Å². The van der Waals surface area contributed by atoms with Gasteiger partial charge in [-0.15, -0.1) is 0 Å². The summed E-state index contributed by atoms with van der Waals surface area (Å²) in [5.41, 5.74) is -0.559. The fourth-order valence-corrected chi connectivity index (χ4v) is 3.08. The van der Waals surface area contributed by atoms with Gasteiger partial charge in [0.05, 0.1) is 25.6 Å². The Hall–Kier alpha value is -3.52. The number of aromatic hydroxyl groups is 1. The molecule has 0 aliphatic carbocycles. The topological polar surface area (TPSA) is 106 Å². The summed E-state index contributed by atoms with van der Waals surface area (Å²) in [5.74, 6) is 0.502. The molecule has 2 aromatic carbocycles. The van der Waals surface area contributed by atoms with E-state index in [4.69, 9.17) is 21.1 Å². The largest absolute Gasteiger partial charge is 0.497 e. The molecule has 3 rings (SSSR count). The molecular weight excluding hydrogens is 410 g/mol. The first kappa shape index (κ1) is 21.2. The Labute approximate surface area is 177 Å². The number of nitrogens with zero attached hydrogens (tertiary/aromatic N) is 2. The van der Waals surface area contributed by atoms with Crippen LogP contribution < -0.4 is 20.7 Å². The Morgan fingerprint density at radius 2 is 1.83 bits per heavy atom. The van der Waals surface area contributed by atoms with Crippen LogP contribution in [0.5, 0.6) is 17.4 Å². The molecule has 156 valence electrons. The molecule has 30 heavy (non-hydrogen) atoms. The van der Waals surface area contributed by atoms with Gasteiger partial charge in [0.2, 0.25) is 5.88 Å². The van der Waals surface area contributed by atoms with Crippen molar-refractivity contribution in [1.29, 1.82) is 0 Å². The Morgan fingerprint density at radius 3 is 2.43 bits per heavy atom. The summed E-state index contributed by atoms with van der Waals surface area (Å²) in [6.45, 7) is 1.78. The summed E-state index contributed by atoms with van der Waals surface area (Å²) in [7, 11) is 3.02. The number of nitrogens with one attached hydrogen (secondary N) is 1. The number of halogens is 1. The van der Waals surface area contributed by atoms with E-state index in [0.717, 1.165) is 4.57 Å². The van der Waals surface area contributed by atoms with Gasteiger partial charge >= 0.3 is 5.69 Å². The van der Waals surface area contributed by atoms with Gasteiger partial charge in [-0.2, -0.15) is 0 Å². The third kappa shape index (κ3) is 4.08. The molecule has 0 bridgehead atoms. The molecule has 9 heteroatoms. The van der Waals surface area contributed by atoms with Gasteiger partial charge in [0, 0.05) is 11.1 Å². The lowest BCUT2D eigenvalue weighted by molar-refractivity contribution is 0.395. The summed E-state index contributed by atoms with van der Waals surface area (Å²) in [5, 5.41) is 11.3. The van der Waals surface area contributed by atoms with Crippen molar-refractivity contribution in [3.05, 3.63) is 73.9 Å². The van der Waals surface area contributed by atoms with Crippen LogP contribution in [0.15, 0.2) is 57.0 Å². The zero-order valence-electron chi connectivity index (χ0n) is 16.6. The number of aliphatic imine (C=N–C) groups is 1. The summed E-state index contributed by atoms with van der Waals surface area (Å²) >= 11 is 5.90. The van der Waals surface area contributed by atoms with E-state index in [1.165, 1.54) is 14.2 Å². The van der Waals surface area contributed by atoms with E-state index >= 15 is 0 Å².